The molecule has 0 aliphatic heterocycles. The first-order valence-corrected chi connectivity index (χ1v) is 19.3. The Balaban J connectivity index is 1.24. The molecule has 2 heterocycles. The number of benzene rings is 9. The van der Waals surface area contributed by atoms with Gasteiger partial charge in [-0.25, -0.2) is 0 Å². The molecule has 0 fully saturated rings. The minimum Gasteiger partial charge on any atom is -0.456 e. The fourth-order valence-corrected chi connectivity index (χ4v) is 8.47. The van der Waals surface area contributed by atoms with Gasteiger partial charge in [-0.1, -0.05) is 152 Å². The Morgan fingerprint density at radius 3 is 1.21 bits per heavy atom. The van der Waals surface area contributed by atoms with Crippen LogP contribution in [-0.2, 0) is 0 Å². The number of fused-ring (bicyclic) bond motifs is 6. The molecule has 0 unspecified atom stereocenters. The molecule has 11 aromatic rings. The Morgan fingerprint density at radius 1 is 0.281 bits per heavy atom. The summed E-state index contributed by atoms with van der Waals surface area (Å²) in [5, 5.41) is 4.31. The number of anilines is 3. The summed E-state index contributed by atoms with van der Waals surface area (Å²) in [5.74, 6) is 0. The first-order valence-electron chi connectivity index (χ1n) is 19.3. The molecule has 3 nitrogen and oxygen atoms in total. The van der Waals surface area contributed by atoms with Gasteiger partial charge in [0, 0.05) is 38.7 Å². The van der Waals surface area contributed by atoms with Crippen LogP contribution in [0.25, 0.3) is 88.4 Å². The molecule has 57 heavy (non-hydrogen) atoms. The van der Waals surface area contributed by atoms with E-state index in [9.17, 15) is 0 Å². The van der Waals surface area contributed by atoms with E-state index in [0.717, 1.165) is 94.3 Å². The third-order valence-corrected chi connectivity index (χ3v) is 11.1. The van der Waals surface area contributed by atoms with Crippen LogP contribution < -0.4 is 4.90 Å². The molecule has 0 saturated heterocycles. The van der Waals surface area contributed by atoms with Crippen molar-refractivity contribution in [3.8, 4) is 44.5 Å². The molecular weight excluding hydrogens is 695 g/mol. The summed E-state index contributed by atoms with van der Waals surface area (Å²) in [6, 6.07) is 75.1. The predicted octanol–water partition coefficient (Wildman–Crippen LogP) is 15.6. The van der Waals surface area contributed by atoms with Gasteiger partial charge in [0.25, 0.3) is 0 Å². The van der Waals surface area contributed by atoms with Crippen LogP contribution in [0.4, 0.5) is 17.1 Å². The van der Waals surface area contributed by atoms with Gasteiger partial charge >= 0.3 is 0 Å². The molecule has 0 aliphatic carbocycles. The van der Waals surface area contributed by atoms with Crippen LogP contribution in [0.2, 0.25) is 0 Å². The summed E-state index contributed by atoms with van der Waals surface area (Å²) >= 11 is 0. The fourth-order valence-electron chi connectivity index (χ4n) is 8.47. The molecule has 0 amide bonds. The lowest BCUT2D eigenvalue weighted by molar-refractivity contribution is 0.668. The van der Waals surface area contributed by atoms with Gasteiger partial charge in [0.1, 0.15) is 22.3 Å². The van der Waals surface area contributed by atoms with Gasteiger partial charge in [0.15, 0.2) is 0 Å². The van der Waals surface area contributed by atoms with Crippen molar-refractivity contribution in [1.29, 1.82) is 0 Å². The van der Waals surface area contributed by atoms with Crippen molar-refractivity contribution in [3.63, 3.8) is 0 Å². The summed E-state index contributed by atoms with van der Waals surface area (Å²) < 4.78 is 13.2. The lowest BCUT2D eigenvalue weighted by Crippen LogP contribution is -2.12. The van der Waals surface area contributed by atoms with E-state index in [1.54, 1.807) is 0 Å². The van der Waals surface area contributed by atoms with Gasteiger partial charge in [-0.3, -0.25) is 0 Å². The molecule has 3 heteroatoms. The highest BCUT2D eigenvalue weighted by Crippen LogP contribution is 2.52. The number of nitrogens with zero attached hydrogens (tertiary/aromatic N) is 1. The van der Waals surface area contributed by atoms with Crippen LogP contribution in [0.5, 0.6) is 0 Å². The molecule has 2 aromatic heterocycles. The third-order valence-electron chi connectivity index (χ3n) is 11.1. The average Bonchev–Trinajstić information content (AvgIpc) is 3.86. The van der Waals surface area contributed by atoms with E-state index in [4.69, 9.17) is 8.83 Å². The van der Waals surface area contributed by atoms with Crippen molar-refractivity contribution in [2.24, 2.45) is 0 Å². The number of para-hydroxylation sites is 2. The Morgan fingerprint density at radius 2 is 0.684 bits per heavy atom. The van der Waals surface area contributed by atoms with Crippen molar-refractivity contribution in [2.75, 3.05) is 4.90 Å². The van der Waals surface area contributed by atoms with E-state index in [2.05, 4.69) is 205 Å². The second kappa shape index (κ2) is 13.6. The van der Waals surface area contributed by atoms with E-state index < -0.39 is 0 Å². The molecule has 268 valence electrons. The van der Waals surface area contributed by atoms with Gasteiger partial charge in [-0.05, 0) is 94.0 Å². The van der Waals surface area contributed by atoms with E-state index in [1.807, 2.05) is 12.1 Å². The van der Waals surface area contributed by atoms with Gasteiger partial charge in [0.2, 0.25) is 0 Å². The summed E-state index contributed by atoms with van der Waals surface area (Å²) in [5.41, 5.74) is 15.7. The maximum absolute atomic E-state index is 6.65. The van der Waals surface area contributed by atoms with Crippen LogP contribution >= 0.6 is 0 Å². The van der Waals surface area contributed by atoms with Gasteiger partial charge in [0.05, 0.1) is 11.1 Å². The number of furan rings is 2. The van der Waals surface area contributed by atoms with Crippen LogP contribution in [0.1, 0.15) is 0 Å². The number of rotatable bonds is 7. The Bertz CT molecular complexity index is 3120. The highest BCUT2D eigenvalue weighted by atomic mass is 16.3. The Labute approximate surface area is 330 Å². The van der Waals surface area contributed by atoms with Crippen molar-refractivity contribution >= 4 is 60.9 Å². The van der Waals surface area contributed by atoms with Crippen LogP contribution in [0.3, 0.4) is 0 Å². The maximum Gasteiger partial charge on any atom is 0.137 e. The molecule has 11 rings (SSSR count). The minimum atomic E-state index is 0.831. The lowest BCUT2D eigenvalue weighted by Gasteiger charge is -2.29. The molecule has 0 spiro atoms. The maximum atomic E-state index is 6.65. The zero-order valence-corrected chi connectivity index (χ0v) is 31.0. The van der Waals surface area contributed by atoms with Crippen LogP contribution in [-0.4, -0.2) is 0 Å². The summed E-state index contributed by atoms with van der Waals surface area (Å²) in [7, 11) is 0. The second-order valence-corrected chi connectivity index (χ2v) is 14.4. The fraction of sp³-hybridized carbons (Fsp3) is 0. The molecule has 0 saturated carbocycles. The molecule has 0 bridgehead atoms. The third kappa shape index (κ3) is 5.60. The first-order chi connectivity index (χ1) is 28.3. The SMILES string of the molecule is c1ccc(-c2ccc(N(c3ccc(-c4ccccc4)cc3)c3c(-c4ccc5oc6ccccc6c5c4-c4ccccc4)ccc4oc5ccccc5c34)cc2)cc1. The van der Waals surface area contributed by atoms with Crippen LogP contribution in [0, 0.1) is 0 Å². The minimum absolute atomic E-state index is 0.831. The average molecular weight is 730 g/mol. The molecule has 0 atom stereocenters. The smallest absolute Gasteiger partial charge is 0.137 e. The first kappa shape index (κ1) is 32.8. The van der Waals surface area contributed by atoms with E-state index >= 15 is 0 Å². The van der Waals surface area contributed by atoms with Gasteiger partial charge in [-0.15, -0.1) is 0 Å². The van der Waals surface area contributed by atoms with Crippen molar-refractivity contribution in [3.05, 3.63) is 212 Å². The van der Waals surface area contributed by atoms with Crippen molar-refractivity contribution in [1.82, 2.24) is 0 Å². The molecule has 0 radical (unpaired) electrons. The molecular formula is C54H35NO2. The Hall–Kier alpha value is -7.62. The van der Waals surface area contributed by atoms with E-state index in [1.165, 1.54) is 11.1 Å². The summed E-state index contributed by atoms with van der Waals surface area (Å²) in [4.78, 5) is 2.41. The second-order valence-electron chi connectivity index (χ2n) is 14.4. The zero-order chi connectivity index (χ0) is 37.7. The van der Waals surface area contributed by atoms with E-state index in [0.29, 0.717) is 0 Å². The number of hydrogen-bond donors (Lipinski definition) is 0. The normalized spacial score (nSPS) is 11.5. The topological polar surface area (TPSA) is 29.5 Å². The number of hydrogen-bond acceptors (Lipinski definition) is 3. The van der Waals surface area contributed by atoms with Gasteiger partial charge < -0.3 is 13.7 Å². The zero-order valence-electron chi connectivity index (χ0n) is 31.0. The van der Waals surface area contributed by atoms with Gasteiger partial charge in [-0.2, -0.15) is 0 Å². The van der Waals surface area contributed by atoms with Crippen LogP contribution in [0.15, 0.2) is 221 Å². The largest absolute Gasteiger partial charge is 0.456 e. The Kier molecular flexibility index (Phi) is 7.82. The molecule has 0 aliphatic rings. The monoisotopic (exact) mass is 729 g/mol. The highest BCUT2D eigenvalue weighted by Gasteiger charge is 2.27. The van der Waals surface area contributed by atoms with Crippen molar-refractivity contribution in [2.45, 2.75) is 0 Å². The van der Waals surface area contributed by atoms with E-state index in [-0.39, 0.29) is 0 Å². The quantitative estimate of drug-likeness (QED) is 0.164. The standard InChI is InChI=1S/C54H35NO2/c1-4-14-36(15-5-1)38-24-28-41(29-25-38)55(42-30-26-39(27-31-42)37-16-6-2-7-17-37)54-44(33-35-50-53(54)46-21-11-13-23-48(46)57-50)43-32-34-49-52(45-20-10-12-22-47(45)56-49)51(43)40-18-8-3-9-19-40/h1-35H. The predicted molar refractivity (Wildman–Crippen MR) is 237 cm³/mol. The lowest BCUT2D eigenvalue weighted by atomic mass is 9.88. The summed E-state index contributed by atoms with van der Waals surface area (Å²) in [6.45, 7) is 0. The van der Waals surface area contributed by atoms with Crippen molar-refractivity contribution < 1.29 is 8.83 Å². The molecule has 9 aromatic carbocycles. The summed E-state index contributed by atoms with van der Waals surface area (Å²) in [6.07, 6.45) is 0. The highest BCUT2D eigenvalue weighted by molar-refractivity contribution is 6.21. The molecule has 0 N–H and O–H groups in total.